The van der Waals surface area contributed by atoms with Crippen molar-refractivity contribution in [2.45, 2.75) is 56.7 Å². The number of amides is 4. The lowest BCUT2D eigenvalue weighted by Gasteiger charge is -2.24. The van der Waals surface area contributed by atoms with Crippen LogP contribution in [0.15, 0.2) is 4.99 Å². The zero-order chi connectivity index (χ0) is 26.3. The van der Waals surface area contributed by atoms with E-state index in [0.29, 0.717) is 0 Å². The van der Waals surface area contributed by atoms with Gasteiger partial charge in [-0.3, -0.25) is 29.0 Å². The third kappa shape index (κ3) is 13.5. The summed E-state index contributed by atoms with van der Waals surface area (Å²) >= 11 is 0. The van der Waals surface area contributed by atoms with Gasteiger partial charge in [0.05, 0.1) is 6.54 Å². The lowest BCUT2D eigenvalue weighted by atomic mass is 10.1. The van der Waals surface area contributed by atoms with Gasteiger partial charge in [0.25, 0.3) is 0 Å². The number of primary amides is 1. The molecule has 3 atom stereocenters. The van der Waals surface area contributed by atoms with Crippen molar-refractivity contribution < 1.29 is 39.0 Å². The van der Waals surface area contributed by atoms with Crippen LogP contribution in [0.2, 0.25) is 0 Å². The molecule has 192 valence electrons. The van der Waals surface area contributed by atoms with E-state index >= 15 is 0 Å². The van der Waals surface area contributed by atoms with Crippen molar-refractivity contribution in [3.8, 4) is 0 Å². The highest BCUT2D eigenvalue weighted by Crippen LogP contribution is 2.05. The van der Waals surface area contributed by atoms with Gasteiger partial charge in [0.2, 0.25) is 23.6 Å². The standard InChI is InChI=1S/C18H32N8O8/c19-8-13(28)24-9(4-6-14(29)30)15(31)25-10(3-5-12(20)27)16(32)26-11(17(33)34)2-1-7-23-18(21)22/h9-11H,1-8,19H2,(H2,20,27)(H,24,28)(H,25,31)(H,26,32)(H,29,30)(H,33,34)(H4,21,22,23). The summed E-state index contributed by atoms with van der Waals surface area (Å²) < 4.78 is 0. The van der Waals surface area contributed by atoms with Crippen molar-refractivity contribution in [2.75, 3.05) is 13.1 Å². The average molecular weight is 489 g/mol. The molecule has 16 nitrogen and oxygen atoms in total. The first-order valence-corrected chi connectivity index (χ1v) is 10.3. The van der Waals surface area contributed by atoms with Crippen LogP contribution in [0, 0.1) is 0 Å². The molecule has 34 heavy (non-hydrogen) atoms. The molecule has 4 amide bonds. The number of guanidine groups is 1. The molecule has 0 radical (unpaired) electrons. The summed E-state index contributed by atoms with van der Waals surface area (Å²) in [4.78, 5) is 74.2. The van der Waals surface area contributed by atoms with Crippen LogP contribution >= 0.6 is 0 Å². The van der Waals surface area contributed by atoms with Crippen LogP contribution in [0.25, 0.3) is 0 Å². The Morgan fingerprint density at radius 2 is 1.29 bits per heavy atom. The van der Waals surface area contributed by atoms with E-state index in [-0.39, 0.29) is 44.6 Å². The fourth-order valence-electron chi connectivity index (χ4n) is 2.65. The predicted molar refractivity (Wildman–Crippen MR) is 118 cm³/mol. The fraction of sp³-hybridized carbons (Fsp3) is 0.611. The van der Waals surface area contributed by atoms with Gasteiger partial charge in [0.15, 0.2) is 5.96 Å². The van der Waals surface area contributed by atoms with Crippen LogP contribution < -0.4 is 38.9 Å². The Balaban J connectivity index is 5.43. The average Bonchev–Trinajstić information content (AvgIpc) is 2.74. The molecule has 3 unspecified atom stereocenters. The first-order chi connectivity index (χ1) is 15.9. The van der Waals surface area contributed by atoms with Gasteiger partial charge < -0.3 is 49.1 Å². The summed E-state index contributed by atoms with van der Waals surface area (Å²) in [5.41, 5.74) is 20.7. The van der Waals surface area contributed by atoms with Gasteiger partial charge >= 0.3 is 11.9 Å². The smallest absolute Gasteiger partial charge is 0.326 e. The third-order valence-electron chi connectivity index (χ3n) is 4.36. The van der Waals surface area contributed by atoms with E-state index in [1.54, 1.807) is 0 Å². The first-order valence-electron chi connectivity index (χ1n) is 10.3. The Morgan fingerprint density at radius 1 is 0.765 bits per heavy atom. The number of nitrogens with one attached hydrogen (secondary N) is 3. The second-order valence-electron chi connectivity index (χ2n) is 7.17. The van der Waals surface area contributed by atoms with Crippen molar-refractivity contribution >= 4 is 41.5 Å². The molecule has 0 aliphatic heterocycles. The molecular weight excluding hydrogens is 456 g/mol. The molecule has 0 aromatic rings. The highest BCUT2D eigenvalue weighted by Gasteiger charge is 2.29. The van der Waals surface area contributed by atoms with Gasteiger partial charge in [-0.25, -0.2) is 4.79 Å². The monoisotopic (exact) mass is 488 g/mol. The van der Waals surface area contributed by atoms with E-state index in [1.807, 2.05) is 0 Å². The van der Waals surface area contributed by atoms with E-state index < -0.39 is 66.7 Å². The number of carboxylic acids is 2. The highest BCUT2D eigenvalue weighted by molar-refractivity contribution is 5.94. The molecule has 0 aliphatic rings. The Bertz CT molecular complexity index is 784. The van der Waals surface area contributed by atoms with Gasteiger partial charge in [0, 0.05) is 19.4 Å². The number of aliphatic imine (C=N–C) groups is 1. The largest absolute Gasteiger partial charge is 0.481 e. The van der Waals surface area contributed by atoms with E-state index in [4.69, 9.17) is 28.0 Å². The number of rotatable bonds is 17. The summed E-state index contributed by atoms with van der Waals surface area (Å²) in [5, 5.41) is 25.0. The molecule has 0 aromatic heterocycles. The minimum Gasteiger partial charge on any atom is -0.481 e. The summed E-state index contributed by atoms with van der Waals surface area (Å²) in [6.07, 6.45) is -1.20. The number of carbonyl (C=O) groups excluding carboxylic acids is 4. The van der Waals surface area contributed by atoms with Crippen LogP contribution in [-0.2, 0) is 28.8 Å². The summed E-state index contributed by atoms with van der Waals surface area (Å²) in [6.45, 7) is -0.349. The molecule has 0 heterocycles. The quantitative estimate of drug-likeness (QED) is 0.0535. The predicted octanol–water partition coefficient (Wildman–Crippen LogP) is -4.33. The van der Waals surface area contributed by atoms with Crippen molar-refractivity contribution in [1.82, 2.24) is 16.0 Å². The van der Waals surface area contributed by atoms with E-state index in [1.165, 1.54) is 0 Å². The van der Waals surface area contributed by atoms with Crippen LogP contribution in [-0.4, -0.2) is 83.0 Å². The summed E-state index contributed by atoms with van der Waals surface area (Å²) in [6, 6.07) is -4.10. The first kappa shape index (κ1) is 30.0. The van der Waals surface area contributed by atoms with Crippen molar-refractivity contribution in [1.29, 1.82) is 0 Å². The molecule has 16 heteroatoms. The van der Waals surface area contributed by atoms with Gasteiger partial charge in [-0.05, 0) is 25.7 Å². The normalized spacial score (nSPS) is 13.0. The Labute approximate surface area is 194 Å². The van der Waals surface area contributed by atoms with Crippen molar-refractivity contribution in [3.05, 3.63) is 0 Å². The number of nitrogens with two attached hydrogens (primary N) is 4. The topological polar surface area (TPSA) is 295 Å². The van der Waals surface area contributed by atoms with E-state index in [9.17, 15) is 33.9 Å². The van der Waals surface area contributed by atoms with Crippen molar-refractivity contribution in [3.63, 3.8) is 0 Å². The summed E-state index contributed by atoms with van der Waals surface area (Å²) in [5.74, 6) is -6.13. The number of hydrogen-bond donors (Lipinski definition) is 9. The second-order valence-corrected chi connectivity index (χ2v) is 7.17. The van der Waals surface area contributed by atoms with E-state index in [0.717, 1.165) is 0 Å². The lowest BCUT2D eigenvalue weighted by molar-refractivity contribution is -0.142. The lowest BCUT2D eigenvalue weighted by Crippen LogP contribution is -2.56. The molecule has 0 bridgehead atoms. The van der Waals surface area contributed by atoms with Crippen LogP contribution in [0.4, 0.5) is 0 Å². The maximum absolute atomic E-state index is 12.7. The fourth-order valence-corrected chi connectivity index (χ4v) is 2.65. The minimum atomic E-state index is -1.40. The molecule has 13 N–H and O–H groups in total. The number of nitrogens with zero attached hydrogens (tertiary/aromatic N) is 1. The number of aliphatic carboxylic acids is 2. The Hall–Kier alpha value is -3.95. The van der Waals surface area contributed by atoms with Crippen LogP contribution in [0.1, 0.15) is 38.5 Å². The maximum Gasteiger partial charge on any atom is 0.326 e. The Kier molecular flexibility index (Phi) is 14.0. The molecule has 0 spiro atoms. The zero-order valence-electron chi connectivity index (χ0n) is 18.5. The molecule has 0 aliphatic carbocycles. The number of carbonyl (C=O) groups is 6. The minimum absolute atomic E-state index is 0.0396. The SMILES string of the molecule is NCC(=O)NC(CCC(=O)O)C(=O)NC(CCC(N)=O)C(=O)NC(CCCN=C(N)N)C(=O)O. The molecule has 0 rings (SSSR count). The molecule has 0 fully saturated rings. The van der Waals surface area contributed by atoms with Crippen LogP contribution in [0.3, 0.4) is 0 Å². The summed E-state index contributed by atoms with van der Waals surface area (Å²) in [7, 11) is 0. The molecule has 0 saturated heterocycles. The highest BCUT2D eigenvalue weighted by atomic mass is 16.4. The zero-order valence-corrected chi connectivity index (χ0v) is 18.5. The van der Waals surface area contributed by atoms with Gasteiger partial charge in [-0.2, -0.15) is 0 Å². The van der Waals surface area contributed by atoms with Gasteiger partial charge in [-0.15, -0.1) is 0 Å². The molecular formula is C18H32N8O8. The molecule has 0 saturated carbocycles. The van der Waals surface area contributed by atoms with Gasteiger partial charge in [0.1, 0.15) is 18.1 Å². The van der Waals surface area contributed by atoms with Crippen LogP contribution in [0.5, 0.6) is 0 Å². The Morgan fingerprint density at radius 3 is 1.76 bits per heavy atom. The van der Waals surface area contributed by atoms with Gasteiger partial charge in [-0.1, -0.05) is 0 Å². The third-order valence-corrected chi connectivity index (χ3v) is 4.36. The number of hydrogen-bond acceptors (Lipinski definition) is 8. The number of carboxylic acid groups (broad SMARTS) is 2. The van der Waals surface area contributed by atoms with E-state index in [2.05, 4.69) is 20.9 Å². The van der Waals surface area contributed by atoms with Crippen molar-refractivity contribution in [2.24, 2.45) is 27.9 Å². The maximum atomic E-state index is 12.7. The molecule has 0 aromatic carbocycles. The second kappa shape index (κ2) is 15.8.